The van der Waals surface area contributed by atoms with E-state index in [1.807, 2.05) is 0 Å². The van der Waals surface area contributed by atoms with E-state index >= 15 is 0 Å². The van der Waals surface area contributed by atoms with E-state index in [2.05, 4.69) is 291 Å². The van der Waals surface area contributed by atoms with Gasteiger partial charge in [0.15, 0.2) is 0 Å². The van der Waals surface area contributed by atoms with Crippen LogP contribution in [0.15, 0.2) is 267 Å². The molecule has 71 heavy (non-hydrogen) atoms. The molecule has 0 radical (unpaired) electrons. The molecule has 0 atom stereocenters. The maximum Gasteiger partial charge on any atom is 0.0725 e. The summed E-state index contributed by atoms with van der Waals surface area (Å²) in [5.74, 6) is 0. The molecule has 1 heteroatoms. The summed E-state index contributed by atoms with van der Waals surface area (Å²) in [6.45, 7) is 2.21. The molecular formula is C70H49N. The summed E-state index contributed by atoms with van der Waals surface area (Å²) in [5, 5.41) is 0. The number of hydrogen-bond acceptors (Lipinski definition) is 1. The monoisotopic (exact) mass is 903 g/mol. The third-order valence-corrected chi connectivity index (χ3v) is 14.8. The van der Waals surface area contributed by atoms with E-state index in [1.165, 1.54) is 100 Å². The first-order chi connectivity index (χ1) is 35.1. The summed E-state index contributed by atoms with van der Waals surface area (Å²) >= 11 is 0. The van der Waals surface area contributed by atoms with Gasteiger partial charge in [-0.15, -0.1) is 0 Å². The predicted octanol–water partition coefficient (Wildman–Crippen LogP) is 18.6. The summed E-state index contributed by atoms with van der Waals surface area (Å²) < 4.78 is 0. The number of nitrogens with zero attached hydrogens (tertiary/aromatic N) is 1. The van der Waals surface area contributed by atoms with Crippen LogP contribution in [-0.2, 0) is 5.41 Å². The van der Waals surface area contributed by atoms with Crippen molar-refractivity contribution in [1.82, 2.24) is 0 Å². The Morgan fingerprint density at radius 1 is 0.282 bits per heavy atom. The molecule has 13 rings (SSSR count). The van der Waals surface area contributed by atoms with E-state index in [0.717, 1.165) is 22.6 Å². The maximum atomic E-state index is 2.44. The normalized spacial score (nSPS) is 12.6. The van der Waals surface area contributed by atoms with Crippen LogP contribution in [0, 0.1) is 6.92 Å². The van der Waals surface area contributed by atoms with Crippen molar-refractivity contribution in [2.75, 3.05) is 4.90 Å². The minimum Gasteiger partial charge on any atom is -0.310 e. The number of hydrogen-bond donors (Lipinski definition) is 0. The van der Waals surface area contributed by atoms with Crippen molar-refractivity contribution in [3.8, 4) is 66.8 Å². The van der Waals surface area contributed by atoms with Gasteiger partial charge in [-0.05, 0) is 161 Å². The van der Waals surface area contributed by atoms with E-state index < -0.39 is 5.41 Å². The first-order valence-corrected chi connectivity index (χ1v) is 24.7. The first kappa shape index (κ1) is 42.1. The van der Waals surface area contributed by atoms with Gasteiger partial charge >= 0.3 is 0 Å². The quantitative estimate of drug-likeness (QED) is 0.130. The van der Waals surface area contributed by atoms with E-state index in [9.17, 15) is 0 Å². The van der Waals surface area contributed by atoms with Crippen LogP contribution < -0.4 is 4.90 Å². The zero-order chi connectivity index (χ0) is 47.3. The van der Waals surface area contributed by atoms with Crippen molar-refractivity contribution < 1.29 is 0 Å². The molecule has 0 N–H and O–H groups in total. The van der Waals surface area contributed by atoms with Gasteiger partial charge in [0.05, 0.1) is 5.41 Å². The summed E-state index contributed by atoms with van der Waals surface area (Å²) in [6.07, 6.45) is 4.43. The van der Waals surface area contributed by atoms with Crippen LogP contribution in [0.2, 0.25) is 0 Å². The lowest BCUT2D eigenvalue weighted by Crippen LogP contribution is -2.25. The van der Waals surface area contributed by atoms with Gasteiger partial charge in [-0.3, -0.25) is 0 Å². The molecule has 0 saturated heterocycles. The maximum absolute atomic E-state index is 2.44. The molecule has 0 amide bonds. The van der Waals surface area contributed by atoms with Crippen molar-refractivity contribution in [3.63, 3.8) is 0 Å². The topological polar surface area (TPSA) is 3.24 Å². The Morgan fingerprint density at radius 2 is 0.746 bits per heavy atom. The van der Waals surface area contributed by atoms with Gasteiger partial charge in [0, 0.05) is 17.1 Å². The molecule has 2 aliphatic carbocycles. The largest absolute Gasteiger partial charge is 0.310 e. The number of rotatable bonds is 9. The van der Waals surface area contributed by atoms with E-state index in [4.69, 9.17) is 0 Å². The molecule has 0 saturated carbocycles. The lowest BCUT2D eigenvalue weighted by atomic mass is 9.70. The van der Waals surface area contributed by atoms with Gasteiger partial charge in [0.25, 0.3) is 0 Å². The van der Waals surface area contributed by atoms with Gasteiger partial charge in [0.2, 0.25) is 0 Å². The van der Waals surface area contributed by atoms with Gasteiger partial charge in [-0.25, -0.2) is 0 Å². The Labute approximate surface area is 417 Å². The second-order valence-corrected chi connectivity index (χ2v) is 18.9. The fourth-order valence-corrected chi connectivity index (χ4v) is 11.5. The molecule has 1 nitrogen and oxygen atoms in total. The highest BCUT2D eigenvalue weighted by atomic mass is 15.1. The van der Waals surface area contributed by atoms with E-state index in [-0.39, 0.29) is 0 Å². The Balaban J connectivity index is 0.912. The summed E-state index contributed by atoms with van der Waals surface area (Å²) in [5.41, 5.74) is 26.6. The Kier molecular flexibility index (Phi) is 10.4. The second kappa shape index (κ2) is 17.5. The molecular weight excluding hydrogens is 855 g/mol. The van der Waals surface area contributed by atoms with Gasteiger partial charge in [0.1, 0.15) is 0 Å². The van der Waals surface area contributed by atoms with Crippen LogP contribution in [0.1, 0.15) is 38.9 Å². The van der Waals surface area contributed by atoms with Crippen molar-refractivity contribution >= 4 is 29.2 Å². The van der Waals surface area contributed by atoms with Crippen LogP contribution >= 0.6 is 0 Å². The van der Waals surface area contributed by atoms with Crippen LogP contribution in [-0.4, -0.2) is 0 Å². The fourth-order valence-electron chi connectivity index (χ4n) is 11.5. The average molecular weight is 904 g/mol. The highest BCUT2D eigenvalue weighted by molar-refractivity contribution is 5.97. The standard InChI is InChI=1S/C70H49N/c1-48-34-36-56(46-64(48)60-27-9-8-22-52(60)37-35-49-18-4-2-5-19-49)54-24-16-23-53(44-54)55-25-17-26-58(45-55)71(57-40-38-51(39-41-57)50-20-6-3-7-21-50)59-42-43-69-65(47-59)63-30-12-15-33-68(63)70(69)66-31-13-10-28-61(66)62-29-11-14-32-67(62)70/h2-47H,1H3/b37-35-. The number of aryl methyl sites for hydroxylation is 1. The highest BCUT2D eigenvalue weighted by Crippen LogP contribution is 2.63. The second-order valence-electron chi connectivity index (χ2n) is 18.9. The molecule has 0 bridgehead atoms. The third kappa shape index (κ3) is 7.17. The minimum absolute atomic E-state index is 0.397. The number of anilines is 3. The minimum atomic E-state index is -0.397. The van der Waals surface area contributed by atoms with Crippen molar-refractivity contribution in [2.45, 2.75) is 12.3 Å². The number of benzene rings is 11. The molecule has 0 fully saturated rings. The Morgan fingerprint density at radius 3 is 1.42 bits per heavy atom. The molecule has 0 heterocycles. The molecule has 2 aliphatic rings. The van der Waals surface area contributed by atoms with Crippen LogP contribution in [0.3, 0.4) is 0 Å². The molecule has 0 aliphatic heterocycles. The average Bonchev–Trinajstić information content (AvgIpc) is 3.92. The first-order valence-electron chi connectivity index (χ1n) is 24.7. The van der Waals surface area contributed by atoms with Gasteiger partial charge in [-0.1, -0.05) is 231 Å². The van der Waals surface area contributed by atoms with E-state index in [0.29, 0.717) is 0 Å². The fraction of sp³-hybridized carbons (Fsp3) is 0.0286. The summed E-state index contributed by atoms with van der Waals surface area (Å²) in [7, 11) is 0. The van der Waals surface area contributed by atoms with E-state index in [1.54, 1.807) is 0 Å². The van der Waals surface area contributed by atoms with Gasteiger partial charge < -0.3 is 4.90 Å². The molecule has 11 aromatic carbocycles. The van der Waals surface area contributed by atoms with Crippen LogP contribution in [0.5, 0.6) is 0 Å². The Hall–Kier alpha value is -9.04. The van der Waals surface area contributed by atoms with Crippen molar-refractivity contribution in [1.29, 1.82) is 0 Å². The predicted molar refractivity (Wildman–Crippen MR) is 299 cm³/mol. The van der Waals surface area contributed by atoms with Gasteiger partial charge in [-0.2, -0.15) is 0 Å². The summed E-state index contributed by atoms with van der Waals surface area (Å²) in [6, 6.07) is 98.2. The smallest absolute Gasteiger partial charge is 0.0725 e. The molecule has 11 aromatic rings. The van der Waals surface area contributed by atoms with Crippen LogP contribution in [0.4, 0.5) is 17.1 Å². The highest BCUT2D eigenvalue weighted by Gasteiger charge is 2.51. The zero-order valence-electron chi connectivity index (χ0n) is 39.5. The zero-order valence-corrected chi connectivity index (χ0v) is 39.5. The Bertz CT molecular complexity index is 3780. The lowest BCUT2D eigenvalue weighted by molar-refractivity contribution is 0.794. The summed E-state index contributed by atoms with van der Waals surface area (Å²) in [4.78, 5) is 2.43. The van der Waals surface area contributed by atoms with Crippen molar-refractivity contribution in [2.24, 2.45) is 0 Å². The molecule has 334 valence electrons. The molecule has 0 unspecified atom stereocenters. The van der Waals surface area contributed by atoms with Crippen molar-refractivity contribution in [3.05, 3.63) is 306 Å². The van der Waals surface area contributed by atoms with Crippen LogP contribution in [0.25, 0.3) is 78.9 Å². The molecule has 0 aromatic heterocycles. The third-order valence-electron chi connectivity index (χ3n) is 14.8. The molecule has 1 spiro atoms. The lowest BCUT2D eigenvalue weighted by Gasteiger charge is -2.31. The SMILES string of the molecule is Cc1ccc(-c2cccc(-c3cccc(N(c4ccc(-c5ccccc5)cc4)c4ccc5c(c4)-c4ccccc4C54c5ccccc5-c5ccccc54)c3)c2)cc1-c1ccccc1/C=C\c1ccccc1. The number of fused-ring (bicyclic) bond motifs is 10.